The summed E-state index contributed by atoms with van der Waals surface area (Å²) in [5, 5.41) is 13.2. The maximum atomic E-state index is 9.95. The topological polar surface area (TPSA) is 50.7 Å². The van der Waals surface area contributed by atoms with E-state index in [4.69, 9.17) is 9.47 Å². The molecule has 21 heavy (non-hydrogen) atoms. The van der Waals surface area contributed by atoms with Crippen molar-refractivity contribution in [3.63, 3.8) is 0 Å². The van der Waals surface area contributed by atoms with Crippen molar-refractivity contribution in [2.24, 2.45) is 0 Å². The van der Waals surface area contributed by atoms with Crippen LogP contribution in [0.25, 0.3) is 0 Å². The fourth-order valence-electron chi connectivity index (χ4n) is 1.84. The molecular weight excluding hydrogens is 334 g/mol. The number of halogens is 1. The summed E-state index contributed by atoms with van der Waals surface area (Å²) in [6, 6.07) is 13.3. The first-order chi connectivity index (χ1) is 10.2. The normalized spacial score (nSPS) is 10.4. The van der Waals surface area contributed by atoms with Crippen LogP contribution in [0.3, 0.4) is 0 Å². The molecule has 0 amide bonds. The lowest BCUT2D eigenvalue weighted by Crippen LogP contribution is -2.05. The van der Waals surface area contributed by atoms with E-state index in [-0.39, 0.29) is 5.75 Å². The van der Waals surface area contributed by atoms with Crippen molar-refractivity contribution in [3.8, 4) is 11.5 Å². The number of hydrogen-bond donors (Lipinski definition) is 2. The average Bonchev–Trinajstić information content (AvgIpc) is 2.50. The van der Waals surface area contributed by atoms with Crippen LogP contribution in [0.2, 0.25) is 0 Å². The Hall–Kier alpha value is -1.72. The highest BCUT2D eigenvalue weighted by Crippen LogP contribution is 2.28. The summed E-state index contributed by atoms with van der Waals surface area (Å²) in [6.45, 7) is 1.61. The standard InChI is InChI=1S/C16H18BrNO3/c1-20-8-9-21-14-6-3-5-13(10-14)18-11-12-4-2-7-15(17)16(12)19/h2-7,10,18-19H,8-9,11H2,1H3. The summed E-state index contributed by atoms with van der Waals surface area (Å²) in [6.07, 6.45) is 0. The Labute approximate surface area is 132 Å². The molecule has 4 nitrogen and oxygen atoms in total. The molecule has 0 saturated heterocycles. The summed E-state index contributed by atoms with van der Waals surface area (Å²) >= 11 is 3.31. The number of methoxy groups -OCH3 is 1. The van der Waals surface area contributed by atoms with E-state index < -0.39 is 0 Å². The molecule has 0 saturated carbocycles. The molecule has 112 valence electrons. The van der Waals surface area contributed by atoms with Gasteiger partial charge in [0.1, 0.15) is 18.1 Å². The first-order valence-corrected chi connectivity index (χ1v) is 7.42. The van der Waals surface area contributed by atoms with Gasteiger partial charge in [-0.2, -0.15) is 0 Å². The SMILES string of the molecule is COCCOc1cccc(NCc2cccc(Br)c2O)c1. The van der Waals surface area contributed by atoms with Gasteiger partial charge in [0.05, 0.1) is 11.1 Å². The minimum absolute atomic E-state index is 0.262. The van der Waals surface area contributed by atoms with E-state index in [2.05, 4.69) is 21.2 Å². The highest BCUT2D eigenvalue weighted by Gasteiger charge is 2.04. The van der Waals surface area contributed by atoms with Gasteiger partial charge in [0.15, 0.2) is 0 Å². The van der Waals surface area contributed by atoms with E-state index in [1.807, 2.05) is 42.5 Å². The zero-order valence-corrected chi connectivity index (χ0v) is 13.4. The van der Waals surface area contributed by atoms with Crippen molar-refractivity contribution < 1.29 is 14.6 Å². The monoisotopic (exact) mass is 351 g/mol. The Morgan fingerprint density at radius 1 is 1.14 bits per heavy atom. The van der Waals surface area contributed by atoms with Crippen molar-refractivity contribution in [3.05, 3.63) is 52.5 Å². The van der Waals surface area contributed by atoms with Gasteiger partial charge in [-0.1, -0.05) is 18.2 Å². The molecule has 0 unspecified atom stereocenters. The van der Waals surface area contributed by atoms with Crippen molar-refractivity contribution >= 4 is 21.6 Å². The molecule has 2 N–H and O–H groups in total. The molecule has 2 aromatic rings. The second-order valence-corrected chi connectivity index (χ2v) is 5.32. The van der Waals surface area contributed by atoms with Crippen LogP contribution < -0.4 is 10.1 Å². The van der Waals surface area contributed by atoms with Gasteiger partial charge in [0, 0.05) is 31.0 Å². The molecule has 0 spiro atoms. The molecule has 0 aliphatic heterocycles. The highest BCUT2D eigenvalue weighted by atomic mass is 79.9. The number of ether oxygens (including phenoxy) is 2. The third kappa shape index (κ3) is 4.65. The average molecular weight is 352 g/mol. The Balaban J connectivity index is 1.96. The molecule has 0 aromatic heterocycles. The van der Waals surface area contributed by atoms with Crippen molar-refractivity contribution in [1.29, 1.82) is 0 Å². The van der Waals surface area contributed by atoms with E-state index >= 15 is 0 Å². The summed E-state index contributed by atoms with van der Waals surface area (Å²) in [5.41, 5.74) is 1.76. The van der Waals surface area contributed by atoms with Crippen LogP contribution in [0, 0.1) is 0 Å². The molecule has 0 radical (unpaired) electrons. The van der Waals surface area contributed by atoms with E-state index in [1.165, 1.54) is 0 Å². The number of hydrogen-bond acceptors (Lipinski definition) is 4. The molecule has 0 aliphatic carbocycles. The third-order valence-electron chi connectivity index (χ3n) is 2.94. The highest BCUT2D eigenvalue weighted by molar-refractivity contribution is 9.10. The maximum Gasteiger partial charge on any atom is 0.134 e. The predicted octanol–water partition coefficient (Wildman–Crippen LogP) is 3.79. The van der Waals surface area contributed by atoms with Gasteiger partial charge in [0.2, 0.25) is 0 Å². The quantitative estimate of drug-likeness (QED) is 0.745. The molecular formula is C16H18BrNO3. The number of nitrogens with one attached hydrogen (secondary N) is 1. The zero-order chi connectivity index (χ0) is 15.1. The molecule has 0 aliphatic rings. The lowest BCUT2D eigenvalue weighted by atomic mass is 10.2. The smallest absolute Gasteiger partial charge is 0.134 e. The molecule has 0 atom stereocenters. The largest absolute Gasteiger partial charge is 0.506 e. The molecule has 2 aromatic carbocycles. The number of anilines is 1. The number of aromatic hydroxyl groups is 1. The second kappa shape index (κ2) is 7.90. The fourth-order valence-corrected chi connectivity index (χ4v) is 2.25. The van der Waals surface area contributed by atoms with E-state index in [0.717, 1.165) is 17.0 Å². The Morgan fingerprint density at radius 3 is 2.76 bits per heavy atom. The lowest BCUT2D eigenvalue weighted by molar-refractivity contribution is 0.146. The number of phenols is 1. The van der Waals surface area contributed by atoms with Crippen LogP contribution >= 0.6 is 15.9 Å². The van der Waals surface area contributed by atoms with E-state index in [1.54, 1.807) is 7.11 Å². The zero-order valence-electron chi connectivity index (χ0n) is 11.8. The van der Waals surface area contributed by atoms with Gasteiger partial charge < -0.3 is 19.9 Å². The maximum absolute atomic E-state index is 9.95. The minimum Gasteiger partial charge on any atom is -0.506 e. The van der Waals surface area contributed by atoms with Crippen LogP contribution in [0.1, 0.15) is 5.56 Å². The summed E-state index contributed by atoms with van der Waals surface area (Å²) in [4.78, 5) is 0. The Bertz CT molecular complexity index is 589. The predicted molar refractivity (Wildman–Crippen MR) is 86.9 cm³/mol. The minimum atomic E-state index is 0.262. The fraction of sp³-hybridized carbons (Fsp3) is 0.250. The van der Waals surface area contributed by atoms with Gasteiger partial charge in [-0.3, -0.25) is 0 Å². The van der Waals surface area contributed by atoms with Gasteiger partial charge in [0.25, 0.3) is 0 Å². The molecule has 0 fully saturated rings. The summed E-state index contributed by atoms with van der Waals surface area (Å²) < 4.78 is 11.2. The van der Waals surface area contributed by atoms with Crippen molar-refractivity contribution in [1.82, 2.24) is 0 Å². The van der Waals surface area contributed by atoms with Crippen LogP contribution in [0.4, 0.5) is 5.69 Å². The van der Waals surface area contributed by atoms with E-state index in [0.29, 0.717) is 24.2 Å². The number of rotatable bonds is 7. The van der Waals surface area contributed by atoms with E-state index in [9.17, 15) is 5.11 Å². The second-order valence-electron chi connectivity index (χ2n) is 4.47. The molecule has 5 heteroatoms. The third-order valence-corrected chi connectivity index (χ3v) is 3.58. The first kappa shape index (κ1) is 15.7. The van der Waals surface area contributed by atoms with Gasteiger partial charge in [-0.25, -0.2) is 0 Å². The van der Waals surface area contributed by atoms with Gasteiger partial charge >= 0.3 is 0 Å². The van der Waals surface area contributed by atoms with Crippen LogP contribution in [0.15, 0.2) is 46.9 Å². The van der Waals surface area contributed by atoms with Crippen molar-refractivity contribution in [2.75, 3.05) is 25.6 Å². The molecule has 0 bridgehead atoms. The molecule has 0 heterocycles. The first-order valence-electron chi connectivity index (χ1n) is 6.62. The lowest BCUT2D eigenvalue weighted by Gasteiger charge is -2.11. The number of para-hydroxylation sites is 1. The summed E-state index contributed by atoms with van der Waals surface area (Å²) in [5.74, 6) is 1.05. The van der Waals surface area contributed by atoms with Crippen LogP contribution in [0.5, 0.6) is 11.5 Å². The van der Waals surface area contributed by atoms with Gasteiger partial charge in [-0.05, 0) is 34.1 Å². The molecule has 2 rings (SSSR count). The van der Waals surface area contributed by atoms with Crippen LogP contribution in [-0.4, -0.2) is 25.4 Å². The number of benzene rings is 2. The van der Waals surface area contributed by atoms with Crippen molar-refractivity contribution in [2.45, 2.75) is 6.54 Å². The Morgan fingerprint density at radius 2 is 1.95 bits per heavy atom. The summed E-state index contributed by atoms with van der Waals surface area (Å²) in [7, 11) is 1.64. The Kier molecular flexibility index (Phi) is 5.90. The number of phenolic OH excluding ortho intramolecular Hbond substituents is 1. The van der Waals surface area contributed by atoms with Gasteiger partial charge in [-0.15, -0.1) is 0 Å². The van der Waals surface area contributed by atoms with Crippen LogP contribution in [-0.2, 0) is 11.3 Å².